The topological polar surface area (TPSA) is 67.8 Å². The zero-order valence-corrected chi connectivity index (χ0v) is 18.0. The number of amides is 1. The molecule has 0 unspecified atom stereocenters. The zero-order chi connectivity index (χ0) is 21.6. The Bertz CT molecular complexity index is 1020. The second-order valence-corrected chi connectivity index (χ2v) is 8.87. The van der Waals surface area contributed by atoms with Crippen molar-refractivity contribution in [1.29, 1.82) is 0 Å². The first-order chi connectivity index (χ1) is 14.3. The van der Waals surface area contributed by atoms with Crippen molar-refractivity contribution < 1.29 is 14.3 Å². The molecule has 0 aliphatic carbocycles. The fourth-order valence-corrected chi connectivity index (χ4v) is 3.39. The van der Waals surface area contributed by atoms with Crippen molar-refractivity contribution in [2.45, 2.75) is 32.6 Å². The van der Waals surface area contributed by atoms with Crippen LogP contribution in [0.5, 0.6) is 5.75 Å². The van der Waals surface area contributed by atoms with Crippen LogP contribution in [-0.4, -0.2) is 18.1 Å². The van der Waals surface area contributed by atoms with Gasteiger partial charge in [0.1, 0.15) is 5.75 Å². The van der Waals surface area contributed by atoms with Gasteiger partial charge in [0.15, 0.2) is 0 Å². The molecule has 1 aromatic heterocycles. The third-order valence-electron chi connectivity index (χ3n) is 4.40. The lowest BCUT2D eigenvalue weighted by molar-refractivity contribution is -0.120. The second kappa shape index (κ2) is 9.50. The molecule has 1 N–H and O–H groups in total. The molecule has 0 atom stereocenters. The highest BCUT2D eigenvalue weighted by Crippen LogP contribution is 2.22. The highest BCUT2D eigenvalue weighted by atomic mass is 32.1. The average Bonchev–Trinajstić information content (AvgIpc) is 3.21. The van der Waals surface area contributed by atoms with Crippen LogP contribution < -0.4 is 10.2 Å². The summed E-state index contributed by atoms with van der Waals surface area (Å²) in [6, 6.07) is 18.2. The van der Waals surface area contributed by atoms with E-state index in [0.29, 0.717) is 17.7 Å². The summed E-state index contributed by atoms with van der Waals surface area (Å²) in [5, 5.41) is 5.89. The van der Waals surface area contributed by atoms with Crippen molar-refractivity contribution in [3.05, 3.63) is 87.6 Å². The monoisotopic (exact) mass is 420 g/mol. The number of benzene rings is 2. The fourth-order valence-electron chi connectivity index (χ4n) is 2.68. The van der Waals surface area contributed by atoms with E-state index in [1.165, 1.54) is 11.3 Å². The van der Waals surface area contributed by atoms with Gasteiger partial charge in [0.05, 0.1) is 18.2 Å². The summed E-state index contributed by atoms with van der Waals surface area (Å²) in [6.07, 6.45) is 1.85. The molecule has 1 amide bonds. The van der Waals surface area contributed by atoms with Gasteiger partial charge in [-0.1, -0.05) is 39.0 Å². The third kappa shape index (κ3) is 6.12. The summed E-state index contributed by atoms with van der Waals surface area (Å²) >= 11 is 1.53. The Balaban J connectivity index is 1.52. The molecule has 0 saturated carbocycles. The van der Waals surface area contributed by atoms with E-state index in [9.17, 15) is 9.59 Å². The summed E-state index contributed by atoms with van der Waals surface area (Å²) in [6.45, 7) is 6.38. The van der Waals surface area contributed by atoms with E-state index in [1.807, 2.05) is 29.6 Å². The molecule has 0 spiro atoms. The average molecular weight is 421 g/mol. The maximum Gasteiger partial charge on any atom is 0.343 e. The summed E-state index contributed by atoms with van der Waals surface area (Å²) in [7, 11) is 0. The number of thiophene rings is 1. The quantitative estimate of drug-likeness (QED) is 0.265. The summed E-state index contributed by atoms with van der Waals surface area (Å²) in [5.74, 6) is -0.131. The van der Waals surface area contributed by atoms with Crippen molar-refractivity contribution in [3.63, 3.8) is 0 Å². The Labute approximate surface area is 180 Å². The van der Waals surface area contributed by atoms with E-state index >= 15 is 0 Å². The van der Waals surface area contributed by atoms with Crippen LogP contribution >= 0.6 is 11.3 Å². The lowest BCUT2D eigenvalue weighted by atomic mass is 9.87. The summed E-state index contributed by atoms with van der Waals surface area (Å²) in [4.78, 5) is 25.1. The molecule has 30 heavy (non-hydrogen) atoms. The molecule has 0 fully saturated rings. The van der Waals surface area contributed by atoms with E-state index in [-0.39, 0.29) is 11.3 Å². The molecular weight excluding hydrogens is 396 g/mol. The third-order valence-corrected chi connectivity index (χ3v) is 5.27. The van der Waals surface area contributed by atoms with Gasteiger partial charge >= 0.3 is 5.97 Å². The van der Waals surface area contributed by atoms with Crippen LogP contribution in [-0.2, 0) is 16.6 Å². The van der Waals surface area contributed by atoms with Crippen LogP contribution in [0.1, 0.15) is 47.1 Å². The van der Waals surface area contributed by atoms with Crippen LogP contribution in [0.2, 0.25) is 0 Å². The number of nitrogens with zero attached hydrogens (tertiary/aromatic N) is 1. The summed E-state index contributed by atoms with van der Waals surface area (Å²) < 4.78 is 5.43. The molecule has 154 valence electrons. The molecule has 0 radical (unpaired) electrons. The SMILES string of the molecule is CC(C)(C)c1ccc(C(=O)Oc2ccc(/C=N/NC(=O)Cc3cccs3)cc2)cc1. The minimum absolute atomic E-state index is 0.0310. The number of hydrogen-bond acceptors (Lipinski definition) is 5. The van der Waals surface area contributed by atoms with Gasteiger partial charge in [-0.3, -0.25) is 4.79 Å². The van der Waals surface area contributed by atoms with Crippen molar-refractivity contribution in [2.75, 3.05) is 0 Å². The first kappa shape index (κ1) is 21.5. The number of hydrazone groups is 1. The number of carbonyl (C=O) groups excluding carboxylic acids is 2. The number of rotatable bonds is 6. The van der Waals surface area contributed by atoms with Crippen LogP contribution in [0.25, 0.3) is 0 Å². The molecule has 2 aromatic carbocycles. The maximum atomic E-state index is 12.3. The Hall–Kier alpha value is -3.25. The Kier molecular flexibility index (Phi) is 6.79. The first-order valence-corrected chi connectivity index (χ1v) is 10.5. The predicted octanol–water partition coefficient (Wildman–Crippen LogP) is 4.96. The van der Waals surface area contributed by atoms with Crippen LogP contribution in [0.3, 0.4) is 0 Å². The van der Waals surface area contributed by atoms with Gasteiger partial charge in [0.25, 0.3) is 0 Å². The van der Waals surface area contributed by atoms with Gasteiger partial charge in [0.2, 0.25) is 5.91 Å². The van der Waals surface area contributed by atoms with Crippen molar-refractivity contribution >= 4 is 29.4 Å². The maximum absolute atomic E-state index is 12.3. The van der Waals surface area contributed by atoms with Gasteiger partial charge < -0.3 is 4.74 Å². The summed E-state index contributed by atoms with van der Waals surface area (Å²) in [5.41, 5.74) is 4.97. The van der Waals surface area contributed by atoms with E-state index in [1.54, 1.807) is 42.6 Å². The Morgan fingerprint density at radius 2 is 1.73 bits per heavy atom. The highest BCUT2D eigenvalue weighted by molar-refractivity contribution is 7.10. The van der Waals surface area contributed by atoms with E-state index < -0.39 is 5.97 Å². The minimum Gasteiger partial charge on any atom is -0.423 e. The molecule has 3 aromatic rings. The standard InChI is InChI=1S/C24H24N2O3S/c1-24(2,3)19-10-8-18(9-11-19)23(28)29-20-12-6-17(7-13-20)16-25-26-22(27)15-21-5-4-14-30-21/h4-14,16H,15H2,1-3H3,(H,26,27)/b25-16+. The van der Waals surface area contributed by atoms with Gasteiger partial charge in [-0.05, 0) is 64.4 Å². The lowest BCUT2D eigenvalue weighted by Crippen LogP contribution is -2.19. The van der Waals surface area contributed by atoms with E-state index in [0.717, 1.165) is 16.0 Å². The molecule has 3 rings (SSSR count). The first-order valence-electron chi connectivity index (χ1n) is 9.58. The Morgan fingerprint density at radius 3 is 2.33 bits per heavy atom. The van der Waals surface area contributed by atoms with Crippen molar-refractivity contribution in [2.24, 2.45) is 5.10 Å². The largest absolute Gasteiger partial charge is 0.423 e. The Morgan fingerprint density at radius 1 is 1.03 bits per heavy atom. The normalized spacial score (nSPS) is 11.4. The van der Waals surface area contributed by atoms with E-state index in [2.05, 4.69) is 31.3 Å². The van der Waals surface area contributed by atoms with Crippen LogP contribution in [0.15, 0.2) is 71.1 Å². The van der Waals surface area contributed by atoms with Gasteiger partial charge in [-0.15, -0.1) is 11.3 Å². The van der Waals surface area contributed by atoms with Gasteiger partial charge in [-0.25, -0.2) is 10.2 Å². The highest BCUT2D eigenvalue weighted by Gasteiger charge is 2.15. The molecular formula is C24H24N2O3S. The van der Waals surface area contributed by atoms with Crippen LogP contribution in [0.4, 0.5) is 0 Å². The number of carbonyl (C=O) groups is 2. The number of ether oxygens (including phenoxy) is 1. The lowest BCUT2D eigenvalue weighted by Gasteiger charge is -2.18. The fraction of sp³-hybridized carbons (Fsp3) is 0.208. The predicted molar refractivity (Wildman–Crippen MR) is 120 cm³/mol. The van der Waals surface area contributed by atoms with Crippen molar-refractivity contribution in [3.8, 4) is 5.75 Å². The number of nitrogens with one attached hydrogen (secondary N) is 1. The van der Waals surface area contributed by atoms with Crippen LogP contribution in [0, 0.1) is 0 Å². The van der Waals surface area contributed by atoms with E-state index in [4.69, 9.17) is 4.74 Å². The second-order valence-electron chi connectivity index (χ2n) is 7.84. The van der Waals surface area contributed by atoms with Crippen molar-refractivity contribution in [1.82, 2.24) is 5.43 Å². The van der Waals surface area contributed by atoms with Gasteiger partial charge in [-0.2, -0.15) is 5.10 Å². The molecule has 1 heterocycles. The smallest absolute Gasteiger partial charge is 0.343 e. The molecule has 0 aliphatic heterocycles. The van der Waals surface area contributed by atoms with Gasteiger partial charge in [0, 0.05) is 4.88 Å². The molecule has 6 heteroatoms. The molecule has 5 nitrogen and oxygen atoms in total. The minimum atomic E-state index is -0.405. The number of hydrogen-bond donors (Lipinski definition) is 1. The molecule has 0 saturated heterocycles. The molecule has 0 aliphatic rings. The number of esters is 1. The zero-order valence-electron chi connectivity index (χ0n) is 17.2. The molecule has 0 bridgehead atoms.